The molecule has 0 aliphatic rings. The Morgan fingerprint density at radius 2 is 2.24 bits per heavy atom. The van der Waals surface area contributed by atoms with Crippen molar-refractivity contribution in [2.24, 2.45) is 5.92 Å². The molecule has 0 aliphatic carbocycles. The van der Waals surface area contributed by atoms with Gasteiger partial charge in [0.25, 0.3) is 0 Å². The lowest BCUT2D eigenvalue weighted by Crippen LogP contribution is -2.22. The molecule has 0 amide bonds. The third-order valence-corrected chi connectivity index (χ3v) is 2.62. The molecule has 4 heteroatoms. The summed E-state index contributed by atoms with van der Waals surface area (Å²) in [6.07, 6.45) is 6.23. The second-order valence-electron chi connectivity index (χ2n) is 4.67. The summed E-state index contributed by atoms with van der Waals surface area (Å²) in [5, 5.41) is 7.53. The normalized spacial score (nSPS) is 11.1. The monoisotopic (exact) mass is 239 g/mol. The summed E-state index contributed by atoms with van der Waals surface area (Å²) in [6, 6.07) is 0. The molecule has 1 rings (SSSR count). The van der Waals surface area contributed by atoms with Gasteiger partial charge in [-0.1, -0.05) is 13.8 Å². The quantitative estimate of drug-likeness (QED) is 0.672. The second kappa shape index (κ2) is 8.12. The van der Waals surface area contributed by atoms with Gasteiger partial charge in [0.05, 0.1) is 12.4 Å². The first kappa shape index (κ1) is 14.0. The van der Waals surface area contributed by atoms with Gasteiger partial charge in [-0.15, -0.1) is 0 Å². The molecule has 0 aliphatic heterocycles. The lowest BCUT2D eigenvalue weighted by molar-refractivity contribution is 0.312. The molecule has 0 unspecified atom stereocenters. The third kappa shape index (κ3) is 6.31. The Bertz CT molecular complexity index is 297. The van der Waals surface area contributed by atoms with Crippen LogP contribution in [0.5, 0.6) is 5.75 Å². The number of hydrogen-bond donors (Lipinski definition) is 1. The molecular weight excluding hydrogens is 214 g/mol. The van der Waals surface area contributed by atoms with E-state index in [-0.39, 0.29) is 0 Å². The van der Waals surface area contributed by atoms with Crippen LogP contribution in [0.15, 0.2) is 12.4 Å². The predicted molar refractivity (Wildman–Crippen MR) is 70.3 cm³/mol. The highest BCUT2D eigenvalue weighted by molar-refractivity contribution is 5.11. The first-order valence-corrected chi connectivity index (χ1v) is 6.58. The Morgan fingerprint density at radius 3 is 2.88 bits per heavy atom. The molecule has 1 heterocycles. The second-order valence-corrected chi connectivity index (χ2v) is 4.67. The lowest BCUT2D eigenvalue weighted by Gasteiger charge is -2.07. The summed E-state index contributed by atoms with van der Waals surface area (Å²) in [5.74, 6) is 1.66. The fourth-order valence-corrected chi connectivity index (χ4v) is 1.59. The van der Waals surface area contributed by atoms with Gasteiger partial charge in [-0.2, -0.15) is 5.10 Å². The molecule has 1 aromatic heterocycles. The molecule has 0 radical (unpaired) electrons. The van der Waals surface area contributed by atoms with Gasteiger partial charge in [-0.25, -0.2) is 0 Å². The van der Waals surface area contributed by atoms with Crippen LogP contribution in [0, 0.1) is 5.92 Å². The van der Waals surface area contributed by atoms with Gasteiger partial charge in [0.2, 0.25) is 0 Å². The number of hydrogen-bond acceptors (Lipinski definition) is 3. The fourth-order valence-electron chi connectivity index (χ4n) is 1.59. The first-order chi connectivity index (χ1) is 8.22. The SMILES string of the molecule is CCn1cc(OCCNCCCC(C)C)cn1. The van der Waals surface area contributed by atoms with E-state index in [1.54, 1.807) is 6.20 Å². The van der Waals surface area contributed by atoms with E-state index in [1.807, 2.05) is 10.9 Å². The van der Waals surface area contributed by atoms with E-state index in [0.717, 1.165) is 31.3 Å². The fraction of sp³-hybridized carbons (Fsp3) is 0.769. The van der Waals surface area contributed by atoms with Crippen molar-refractivity contribution in [2.75, 3.05) is 19.7 Å². The minimum atomic E-state index is 0.705. The summed E-state index contributed by atoms with van der Waals surface area (Å²) in [4.78, 5) is 0. The van der Waals surface area contributed by atoms with Crippen LogP contribution in [-0.4, -0.2) is 29.5 Å². The van der Waals surface area contributed by atoms with Crippen LogP contribution in [-0.2, 0) is 6.54 Å². The summed E-state index contributed by atoms with van der Waals surface area (Å²) < 4.78 is 7.44. The van der Waals surface area contributed by atoms with Crippen LogP contribution in [0.3, 0.4) is 0 Å². The summed E-state index contributed by atoms with van der Waals surface area (Å²) >= 11 is 0. The Balaban J connectivity index is 1.97. The average Bonchev–Trinajstić information content (AvgIpc) is 2.75. The maximum absolute atomic E-state index is 5.57. The molecule has 98 valence electrons. The Kier molecular flexibility index (Phi) is 6.70. The molecule has 0 aromatic carbocycles. The molecule has 1 aromatic rings. The molecule has 0 bridgehead atoms. The molecule has 0 fully saturated rings. The van der Waals surface area contributed by atoms with E-state index >= 15 is 0 Å². The smallest absolute Gasteiger partial charge is 0.157 e. The van der Waals surface area contributed by atoms with E-state index < -0.39 is 0 Å². The van der Waals surface area contributed by atoms with Crippen molar-refractivity contribution < 1.29 is 4.74 Å². The molecule has 0 saturated carbocycles. The van der Waals surface area contributed by atoms with Gasteiger partial charge < -0.3 is 10.1 Å². The van der Waals surface area contributed by atoms with Crippen LogP contribution in [0.25, 0.3) is 0 Å². The predicted octanol–water partition coefficient (Wildman–Crippen LogP) is 2.31. The van der Waals surface area contributed by atoms with E-state index in [4.69, 9.17) is 4.74 Å². The largest absolute Gasteiger partial charge is 0.489 e. The number of nitrogens with zero attached hydrogens (tertiary/aromatic N) is 2. The van der Waals surface area contributed by atoms with Crippen molar-refractivity contribution in [3.63, 3.8) is 0 Å². The van der Waals surface area contributed by atoms with Crippen molar-refractivity contribution >= 4 is 0 Å². The highest BCUT2D eigenvalue weighted by Gasteiger charge is 1.97. The first-order valence-electron chi connectivity index (χ1n) is 6.58. The number of nitrogens with one attached hydrogen (secondary N) is 1. The minimum Gasteiger partial charge on any atom is -0.489 e. The number of ether oxygens (including phenoxy) is 1. The number of aromatic nitrogens is 2. The molecule has 0 spiro atoms. The van der Waals surface area contributed by atoms with Crippen molar-refractivity contribution in [3.05, 3.63) is 12.4 Å². The van der Waals surface area contributed by atoms with E-state index in [9.17, 15) is 0 Å². The summed E-state index contributed by atoms with van der Waals surface area (Å²) in [6.45, 7) is 10.1. The van der Waals surface area contributed by atoms with Crippen molar-refractivity contribution in [3.8, 4) is 5.75 Å². The van der Waals surface area contributed by atoms with Crippen molar-refractivity contribution in [1.29, 1.82) is 0 Å². The Labute approximate surface area is 104 Å². The Hall–Kier alpha value is -1.03. The maximum atomic E-state index is 5.57. The highest BCUT2D eigenvalue weighted by Crippen LogP contribution is 2.07. The molecule has 0 atom stereocenters. The van der Waals surface area contributed by atoms with Gasteiger partial charge in [0, 0.05) is 13.1 Å². The number of rotatable bonds is 9. The van der Waals surface area contributed by atoms with Gasteiger partial charge in [0.1, 0.15) is 6.61 Å². The van der Waals surface area contributed by atoms with Crippen LogP contribution < -0.4 is 10.1 Å². The standard InChI is InChI=1S/C13H25N3O/c1-4-16-11-13(10-15-16)17-9-8-14-7-5-6-12(2)3/h10-12,14H,4-9H2,1-3H3. The van der Waals surface area contributed by atoms with Gasteiger partial charge in [-0.05, 0) is 32.2 Å². The summed E-state index contributed by atoms with van der Waals surface area (Å²) in [7, 11) is 0. The Morgan fingerprint density at radius 1 is 1.41 bits per heavy atom. The zero-order chi connectivity index (χ0) is 12.5. The van der Waals surface area contributed by atoms with Crippen LogP contribution in [0.4, 0.5) is 0 Å². The highest BCUT2D eigenvalue weighted by atomic mass is 16.5. The minimum absolute atomic E-state index is 0.705. The maximum Gasteiger partial charge on any atom is 0.157 e. The topological polar surface area (TPSA) is 39.1 Å². The molecule has 0 saturated heterocycles. The van der Waals surface area contributed by atoms with Crippen molar-refractivity contribution in [2.45, 2.75) is 40.2 Å². The zero-order valence-corrected chi connectivity index (χ0v) is 11.3. The zero-order valence-electron chi connectivity index (χ0n) is 11.3. The number of aryl methyl sites for hydroxylation is 1. The van der Waals surface area contributed by atoms with Crippen LogP contribution >= 0.6 is 0 Å². The summed E-state index contributed by atoms with van der Waals surface area (Å²) in [5.41, 5.74) is 0. The van der Waals surface area contributed by atoms with Gasteiger partial charge >= 0.3 is 0 Å². The lowest BCUT2D eigenvalue weighted by atomic mass is 10.1. The average molecular weight is 239 g/mol. The molecule has 17 heavy (non-hydrogen) atoms. The van der Waals surface area contributed by atoms with Crippen molar-refractivity contribution in [1.82, 2.24) is 15.1 Å². The van der Waals surface area contributed by atoms with E-state index in [0.29, 0.717) is 6.61 Å². The van der Waals surface area contributed by atoms with E-state index in [2.05, 4.69) is 31.2 Å². The van der Waals surface area contributed by atoms with Crippen LogP contribution in [0.2, 0.25) is 0 Å². The van der Waals surface area contributed by atoms with Crippen LogP contribution in [0.1, 0.15) is 33.6 Å². The van der Waals surface area contributed by atoms with Gasteiger partial charge in [0.15, 0.2) is 5.75 Å². The van der Waals surface area contributed by atoms with E-state index in [1.165, 1.54) is 12.8 Å². The third-order valence-electron chi connectivity index (χ3n) is 2.62. The molecule has 4 nitrogen and oxygen atoms in total. The molecule has 1 N–H and O–H groups in total. The molecular formula is C13H25N3O. The van der Waals surface area contributed by atoms with Gasteiger partial charge in [-0.3, -0.25) is 4.68 Å².